The number of ether oxygens (including phenoxy) is 2. The molecule has 2 N–H and O–H groups in total. The molecule has 0 aromatic rings. The minimum Gasteiger partial charge on any atom is -0.491 e. The first-order valence-corrected chi connectivity index (χ1v) is 10.5. The maximum Gasteiger partial charge on any atom is 0.305 e. The van der Waals surface area contributed by atoms with Crippen molar-refractivity contribution in [2.75, 3.05) is 7.11 Å². The van der Waals surface area contributed by atoms with Crippen molar-refractivity contribution in [3.63, 3.8) is 0 Å². The van der Waals surface area contributed by atoms with Gasteiger partial charge >= 0.3 is 5.97 Å². The summed E-state index contributed by atoms with van der Waals surface area (Å²) in [6.45, 7) is 1.97. The molecule has 4 unspecified atom stereocenters. The van der Waals surface area contributed by atoms with Crippen LogP contribution in [0.25, 0.3) is 0 Å². The molecule has 0 aromatic heterocycles. The average Bonchev–Trinajstić information content (AvgIpc) is 3.15. The van der Waals surface area contributed by atoms with Crippen LogP contribution < -0.4 is 0 Å². The van der Waals surface area contributed by atoms with E-state index in [2.05, 4.69) is 4.74 Å². The van der Waals surface area contributed by atoms with E-state index >= 15 is 0 Å². The lowest BCUT2D eigenvalue weighted by Crippen LogP contribution is -2.29. The molecular formula is C21H34F2O5. The number of hydrogen-bond acceptors (Lipinski definition) is 5. The number of fused-ring (bicyclic) bond motifs is 1. The lowest BCUT2D eigenvalue weighted by Gasteiger charge is -2.23. The maximum absolute atomic E-state index is 14.9. The van der Waals surface area contributed by atoms with E-state index in [4.69, 9.17) is 4.74 Å². The van der Waals surface area contributed by atoms with Crippen LogP contribution in [0.4, 0.5) is 8.78 Å². The number of esters is 1. The van der Waals surface area contributed by atoms with Gasteiger partial charge in [-0.3, -0.25) is 4.79 Å². The fourth-order valence-electron chi connectivity index (χ4n) is 4.34. The van der Waals surface area contributed by atoms with Gasteiger partial charge in [0.1, 0.15) is 18.0 Å². The van der Waals surface area contributed by atoms with Gasteiger partial charge in [0.2, 0.25) is 0 Å². The van der Waals surface area contributed by atoms with Gasteiger partial charge in [0, 0.05) is 18.8 Å². The SMILES string of the molecule is CCCCC(F)C(O)CC[C@H]1C(O)CC2OC(=CCCCC(=O)OC)[C@@H](F)[C@@H]21. The zero-order chi connectivity index (χ0) is 20.7. The molecule has 162 valence electrons. The lowest BCUT2D eigenvalue weighted by molar-refractivity contribution is -0.140. The summed E-state index contributed by atoms with van der Waals surface area (Å²) in [5, 5.41) is 20.3. The number of allylic oxidation sites excluding steroid dienone is 2. The van der Waals surface area contributed by atoms with E-state index in [0.717, 1.165) is 12.8 Å². The molecule has 1 aliphatic heterocycles. The van der Waals surface area contributed by atoms with E-state index in [1.54, 1.807) is 6.08 Å². The van der Waals surface area contributed by atoms with Crippen LogP contribution in [0.1, 0.15) is 64.7 Å². The van der Waals surface area contributed by atoms with Crippen LogP contribution >= 0.6 is 0 Å². The Hall–Kier alpha value is -1.21. The summed E-state index contributed by atoms with van der Waals surface area (Å²) >= 11 is 0. The van der Waals surface area contributed by atoms with Gasteiger partial charge in [-0.2, -0.15) is 0 Å². The zero-order valence-corrected chi connectivity index (χ0v) is 16.9. The number of aliphatic hydroxyl groups is 2. The van der Waals surface area contributed by atoms with E-state index in [9.17, 15) is 23.8 Å². The van der Waals surface area contributed by atoms with Crippen LogP contribution in [0, 0.1) is 11.8 Å². The number of alkyl halides is 2. The van der Waals surface area contributed by atoms with Crippen LogP contribution in [0.3, 0.4) is 0 Å². The highest BCUT2D eigenvalue weighted by Crippen LogP contribution is 2.48. The fraction of sp³-hybridized carbons (Fsp3) is 0.857. The number of rotatable bonds is 11. The fourth-order valence-corrected chi connectivity index (χ4v) is 4.34. The van der Waals surface area contributed by atoms with Gasteiger partial charge in [0.05, 0.1) is 19.3 Å². The molecule has 0 aromatic carbocycles. The van der Waals surface area contributed by atoms with Gasteiger partial charge in [-0.05, 0) is 44.1 Å². The minimum atomic E-state index is -1.32. The minimum absolute atomic E-state index is 0.209. The van der Waals surface area contributed by atoms with Crippen molar-refractivity contribution in [2.24, 2.45) is 11.8 Å². The molecule has 1 heterocycles. The third kappa shape index (κ3) is 5.89. The molecule has 7 atom stereocenters. The Bertz CT molecular complexity index is 527. The van der Waals surface area contributed by atoms with Gasteiger partial charge in [0.15, 0.2) is 6.17 Å². The van der Waals surface area contributed by atoms with E-state index in [0.29, 0.717) is 32.1 Å². The Balaban J connectivity index is 1.86. The number of carbonyl (C=O) groups is 1. The van der Waals surface area contributed by atoms with Crippen molar-refractivity contribution in [2.45, 2.75) is 95.4 Å². The molecule has 0 radical (unpaired) electrons. The van der Waals surface area contributed by atoms with Crippen molar-refractivity contribution >= 4 is 5.97 Å². The highest BCUT2D eigenvalue weighted by Gasteiger charge is 2.53. The van der Waals surface area contributed by atoms with E-state index in [1.807, 2.05) is 6.92 Å². The van der Waals surface area contributed by atoms with Gasteiger partial charge in [-0.1, -0.05) is 19.8 Å². The third-order valence-corrected chi connectivity index (χ3v) is 5.99. The van der Waals surface area contributed by atoms with Crippen LogP contribution in [0.5, 0.6) is 0 Å². The van der Waals surface area contributed by atoms with E-state index in [-0.39, 0.29) is 36.6 Å². The molecule has 5 nitrogen and oxygen atoms in total. The number of carbonyl (C=O) groups excluding carboxylic acids is 1. The first kappa shape index (κ1) is 23.1. The second kappa shape index (κ2) is 11.1. The van der Waals surface area contributed by atoms with E-state index in [1.165, 1.54) is 7.11 Å². The quantitative estimate of drug-likeness (QED) is 0.406. The third-order valence-electron chi connectivity index (χ3n) is 5.99. The molecule has 0 spiro atoms. The van der Waals surface area contributed by atoms with Crippen molar-refractivity contribution in [1.82, 2.24) is 0 Å². The predicted octanol–water partition coefficient (Wildman–Crippen LogP) is 3.62. The number of hydrogen-bond donors (Lipinski definition) is 2. The summed E-state index contributed by atoms with van der Waals surface area (Å²) in [7, 11) is 1.33. The molecule has 1 saturated carbocycles. The summed E-state index contributed by atoms with van der Waals surface area (Å²) in [6, 6.07) is 0. The second-order valence-electron chi connectivity index (χ2n) is 7.98. The van der Waals surface area contributed by atoms with Gasteiger partial charge < -0.3 is 19.7 Å². The number of halogens is 2. The highest BCUT2D eigenvalue weighted by atomic mass is 19.1. The summed E-state index contributed by atoms with van der Waals surface area (Å²) in [5.41, 5.74) is 0. The van der Waals surface area contributed by atoms with Crippen molar-refractivity contribution < 1.29 is 33.3 Å². The Morgan fingerprint density at radius 2 is 2.14 bits per heavy atom. The monoisotopic (exact) mass is 404 g/mol. The number of methoxy groups -OCH3 is 1. The first-order chi connectivity index (χ1) is 13.4. The first-order valence-electron chi connectivity index (χ1n) is 10.5. The Morgan fingerprint density at radius 3 is 2.82 bits per heavy atom. The molecule has 7 heteroatoms. The largest absolute Gasteiger partial charge is 0.491 e. The van der Waals surface area contributed by atoms with Gasteiger partial charge in [-0.15, -0.1) is 0 Å². The van der Waals surface area contributed by atoms with Crippen LogP contribution in [-0.4, -0.2) is 53.9 Å². The Labute approximate surface area is 166 Å². The average molecular weight is 404 g/mol. The molecule has 2 aliphatic rings. The Kier molecular flexibility index (Phi) is 9.15. The zero-order valence-electron chi connectivity index (χ0n) is 16.9. The van der Waals surface area contributed by atoms with Crippen LogP contribution in [-0.2, 0) is 14.3 Å². The molecule has 1 aliphatic carbocycles. The number of unbranched alkanes of at least 4 members (excludes halogenated alkanes) is 2. The molecular weight excluding hydrogens is 370 g/mol. The summed E-state index contributed by atoms with van der Waals surface area (Å²) in [5.74, 6) is -0.855. The summed E-state index contributed by atoms with van der Waals surface area (Å²) < 4.78 is 39.2. The smallest absolute Gasteiger partial charge is 0.305 e. The summed E-state index contributed by atoms with van der Waals surface area (Å²) in [4.78, 5) is 11.1. The summed E-state index contributed by atoms with van der Waals surface area (Å²) in [6.07, 6.45) is 1.09. The molecule has 1 saturated heterocycles. The van der Waals surface area contributed by atoms with Crippen molar-refractivity contribution in [3.8, 4) is 0 Å². The lowest BCUT2D eigenvalue weighted by atomic mass is 9.85. The molecule has 2 rings (SSSR count). The highest BCUT2D eigenvalue weighted by molar-refractivity contribution is 5.69. The molecule has 28 heavy (non-hydrogen) atoms. The predicted molar refractivity (Wildman–Crippen MR) is 101 cm³/mol. The molecule has 2 fully saturated rings. The Morgan fingerprint density at radius 1 is 1.39 bits per heavy atom. The standard InChI is InChI=1S/C21H34F2O5/c1-3-4-7-14(22)15(24)11-10-13-16(25)12-18-20(13)21(23)17(28-18)8-5-6-9-19(26)27-2/h8,13-16,18,20-21,24-25H,3-7,9-12H2,1-2H3/t13-,14?,15?,16?,18?,20+,21+/m0/s1. The normalized spacial score (nSPS) is 32.8. The second-order valence-corrected chi connectivity index (χ2v) is 7.98. The topological polar surface area (TPSA) is 76.0 Å². The van der Waals surface area contributed by atoms with Crippen molar-refractivity contribution in [1.29, 1.82) is 0 Å². The van der Waals surface area contributed by atoms with E-state index < -0.39 is 30.5 Å². The molecule has 0 amide bonds. The van der Waals surface area contributed by atoms with Crippen molar-refractivity contribution in [3.05, 3.63) is 11.8 Å². The maximum atomic E-state index is 14.9. The van der Waals surface area contributed by atoms with Gasteiger partial charge in [0.25, 0.3) is 0 Å². The van der Waals surface area contributed by atoms with Crippen LogP contribution in [0.2, 0.25) is 0 Å². The van der Waals surface area contributed by atoms with Gasteiger partial charge in [-0.25, -0.2) is 8.78 Å². The van der Waals surface area contributed by atoms with Crippen LogP contribution in [0.15, 0.2) is 11.8 Å². The number of aliphatic hydroxyl groups excluding tert-OH is 2. The molecule has 0 bridgehead atoms.